The van der Waals surface area contributed by atoms with Crippen molar-refractivity contribution in [2.45, 2.75) is 45.3 Å². The van der Waals surface area contributed by atoms with E-state index in [-0.39, 0.29) is 42.5 Å². The lowest BCUT2D eigenvalue weighted by molar-refractivity contribution is -0.384. The van der Waals surface area contributed by atoms with E-state index in [2.05, 4.69) is 15.5 Å². The molecule has 1 unspecified atom stereocenters. The number of amides is 4. The van der Waals surface area contributed by atoms with Crippen LogP contribution in [0.2, 0.25) is 0 Å². The molecule has 0 radical (unpaired) electrons. The number of anilines is 1. The minimum Gasteiger partial charge on any atom is -0.416 e. The summed E-state index contributed by atoms with van der Waals surface area (Å²) >= 11 is 0. The van der Waals surface area contributed by atoms with Crippen LogP contribution in [0.15, 0.2) is 48.5 Å². The first-order chi connectivity index (χ1) is 22.7. The molecule has 0 saturated carbocycles. The molecule has 48 heavy (non-hydrogen) atoms. The molecule has 0 aliphatic carbocycles. The van der Waals surface area contributed by atoms with Gasteiger partial charge < -0.3 is 41.4 Å². The van der Waals surface area contributed by atoms with Gasteiger partial charge in [0.15, 0.2) is 5.78 Å². The van der Waals surface area contributed by atoms with E-state index in [4.69, 9.17) is 20.9 Å². The lowest BCUT2D eigenvalue weighted by Crippen LogP contribution is -2.49. The van der Waals surface area contributed by atoms with Crippen LogP contribution in [0.3, 0.4) is 0 Å². The molecule has 1 aliphatic heterocycles. The highest BCUT2D eigenvalue weighted by molar-refractivity contribution is 5.96. The summed E-state index contributed by atoms with van der Waals surface area (Å²) in [6, 6.07) is 9.51. The van der Waals surface area contributed by atoms with E-state index < -0.39 is 47.0 Å². The van der Waals surface area contributed by atoms with Gasteiger partial charge in [-0.2, -0.15) is 0 Å². The van der Waals surface area contributed by atoms with Crippen LogP contribution in [0.4, 0.5) is 21.0 Å². The fourth-order valence-electron chi connectivity index (χ4n) is 4.93. The van der Waals surface area contributed by atoms with Crippen molar-refractivity contribution in [3.63, 3.8) is 0 Å². The van der Waals surface area contributed by atoms with Crippen LogP contribution in [0.5, 0.6) is 5.75 Å². The number of carbonyl (C=O) groups excluding carboxylic acids is 5. The number of nitrogens with zero attached hydrogens (tertiary/aromatic N) is 3. The monoisotopic (exact) mass is 669 g/mol. The molecule has 0 spiro atoms. The van der Waals surface area contributed by atoms with Crippen LogP contribution in [-0.4, -0.2) is 90.3 Å². The number of ketones is 1. The van der Waals surface area contributed by atoms with Gasteiger partial charge in [0.25, 0.3) is 11.6 Å². The summed E-state index contributed by atoms with van der Waals surface area (Å²) in [5.74, 6) is -2.01. The summed E-state index contributed by atoms with van der Waals surface area (Å²) < 4.78 is 10.7. The number of likely N-dealkylation sites (N-methyl/N-ethyl adjacent to an activating group) is 1. The summed E-state index contributed by atoms with van der Waals surface area (Å²) in [5, 5.41) is 16.2. The number of benzene rings is 2. The Balaban J connectivity index is 1.76. The summed E-state index contributed by atoms with van der Waals surface area (Å²) in [6.07, 6.45) is -1.98. The number of nitrogens with one attached hydrogen (secondary N) is 2. The van der Waals surface area contributed by atoms with Gasteiger partial charge in [-0.25, -0.2) is 9.59 Å². The Morgan fingerprint density at radius 1 is 0.979 bits per heavy atom. The highest BCUT2D eigenvalue weighted by Gasteiger charge is 2.32. The number of carbonyl (C=O) groups is 5. The second kappa shape index (κ2) is 17.7. The third-order valence-corrected chi connectivity index (χ3v) is 7.92. The molecule has 1 saturated heterocycles. The molecule has 1 heterocycles. The van der Waals surface area contributed by atoms with Crippen LogP contribution in [0.25, 0.3) is 0 Å². The van der Waals surface area contributed by atoms with Gasteiger partial charge in [-0.3, -0.25) is 24.5 Å². The number of hydrogen-bond acceptors (Lipinski definition) is 11. The number of non-ortho nitro benzene ring substituents is 1. The highest BCUT2D eigenvalue weighted by atomic mass is 16.7. The van der Waals surface area contributed by atoms with Gasteiger partial charge in [0, 0.05) is 68.4 Å². The standard InChI is InChI=1S/C32H43N7O9/c1-20(2)27(33)26(40)19-22(5-4-14-35-31(34)43)29(41)36-23-8-6-21(7-9-23)28(30(42)38-17-15-37(3)16-18-38)48-32(44)47-25-12-10-24(11-13-25)39(45)46/h6-13,20,22,27-28H,4-5,14-19,33H2,1-3H3,(H,36,41)(H3,34,35,43)/t22-,27+,28?/m1/s1. The normalized spacial score (nSPS) is 15.1. The number of primary amides is 1. The Labute approximate surface area is 278 Å². The van der Waals surface area contributed by atoms with Gasteiger partial charge in [-0.1, -0.05) is 26.0 Å². The molecule has 6 N–H and O–H groups in total. The van der Waals surface area contributed by atoms with Crippen LogP contribution in [0.1, 0.15) is 44.8 Å². The Morgan fingerprint density at radius 2 is 1.60 bits per heavy atom. The van der Waals surface area contributed by atoms with Crippen LogP contribution in [-0.2, 0) is 19.1 Å². The van der Waals surface area contributed by atoms with Gasteiger partial charge in [-0.05, 0) is 50.1 Å². The van der Waals surface area contributed by atoms with E-state index >= 15 is 0 Å². The van der Waals surface area contributed by atoms with E-state index in [9.17, 15) is 34.1 Å². The molecule has 16 nitrogen and oxygen atoms in total. The summed E-state index contributed by atoms with van der Waals surface area (Å²) in [7, 11) is 1.93. The van der Waals surface area contributed by atoms with E-state index in [1.807, 2.05) is 20.9 Å². The number of nitro groups is 1. The first-order valence-electron chi connectivity index (χ1n) is 15.6. The Bertz CT molecular complexity index is 1440. The second-order valence-corrected chi connectivity index (χ2v) is 11.9. The molecule has 1 aliphatic rings. The van der Waals surface area contributed by atoms with E-state index in [1.165, 1.54) is 48.5 Å². The van der Waals surface area contributed by atoms with Gasteiger partial charge in [0.1, 0.15) is 5.75 Å². The lowest BCUT2D eigenvalue weighted by atomic mass is 9.90. The molecule has 0 bridgehead atoms. The molecule has 2 aromatic carbocycles. The topological polar surface area (TPSA) is 230 Å². The maximum atomic E-state index is 13.6. The molecule has 3 rings (SSSR count). The Hall–Kier alpha value is -5.09. The third-order valence-electron chi connectivity index (χ3n) is 7.92. The van der Waals surface area contributed by atoms with Gasteiger partial charge in [-0.15, -0.1) is 0 Å². The van der Waals surface area contributed by atoms with E-state index in [0.717, 1.165) is 0 Å². The average Bonchev–Trinajstić information content (AvgIpc) is 3.05. The van der Waals surface area contributed by atoms with E-state index in [1.54, 1.807) is 4.90 Å². The zero-order valence-corrected chi connectivity index (χ0v) is 27.3. The molecule has 16 heteroatoms. The number of nitrogens with two attached hydrogens (primary N) is 2. The van der Waals surface area contributed by atoms with Crippen molar-refractivity contribution in [1.29, 1.82) is 0 Å². The summed E-state index contributed by atoms with van der Waals surface area (Å²) in [6.45, 7) is 5.94. The van der Waals surface area contributed by atoms with Crippen molar-refractivity contribution >= 4 is 41.2 Å². The molecule has 0 aromatic heterocycles. The maximum absolute atomic E-state index is 13.6. The van der Waals surface area contributed by atoms with Crippen molar-refractivity contribution in [1.82, 2.24) is 15.1 Å². The minimum atomic E-state index is -1.38. The Kier molecular flexibility index (Phi) is 13.8. The van der Waals surface area contributed by atoms with Crippen LogP contribution >= 0.6 is 0 Å². The Morgan fingerprint density at radius 3 is 2.17 bits per heavy atom. The fraction of sp³-hybridized carbons (Fsp3) is 0.469. The predicted molar refractivity (Wildman–Crippen MR) is 175 cm³/mol. The molecule has 4 amide bonds. The van der Waals surface area contributed by atoms with Crippen molar-refractivity contribution in [2.75, 3.05) is 45.1 Å². The van der Waals surface area contributed by atoms with Crippen molar-refractivity contribution in [3.8, 4) is 5.75 Å². The quantitative estimate of drug-likeness (QED) is 0.0708. The number of ether oxygens (including phenoxy) is 2. The maximum Gasteiger partial charge on any atom is 0.514 e. The smallest absolute Gasteiger partial charge is 0.416 e. The number of piperazine rings is 1. The van der Waals surface area contributed by atoms with Gasteiger partial charge in [0.05, 0.1) is 11.0 Å². The molecular weight excluding hydrogens is 626 g/mol. The summed E-state index contributed by atoms with van der Waals surface area (Å²) in [5.41, 5.74) is 11.6. The SMILES string of the molecule is CC(C)[C@H](N)C(=O)C[C@@H](CCCNC(N)=O)C(=O)Nc1ccc(C(OC(=O)Oc2ccc([N+](=O)[O-])cc2)C(=O)N2CCN(C)CC2)cc1. The fourth-order valence-corrected chi connectivity index (χ4v) is 4.93. The van der Waals surface area contributed by atoms with Gasteiger partial charge in [0.2, 0.25) is 12.0 Å². The number of rotatable bonds is 15. The molecular formula is C32H43N7O9. The highest BCUT2D eigenvalue weighted by Crippen LogP contribution is 2.26. The minimum absolute atomic E-state index is 0.0118. The van der Waals surface area contributed by atoms with Crippen molar-refractivity contribution < 1.29 is 38.4 Å². The number of urea groups is 1. The summed E-state index contributed by atoms with van der Waals surface area (Å²) in [4.78, 5) is 77.5. The van der Waals surface area contributed by atoms with Crippen molar-refractivity contribution in [3.05, 3.63) is 64.2 Å². The van der Waals surface area contributed by atoms with E-state index in [0.29, 0.717) is 43.9 Å². The van der Waals surface area contributed by atoms with Gasteiger partial charge >= 0.3 is 12.2 Å². The molecule has 3 atom stereocenters. The molecule has 260 valence electrons. The molecule has 2 aromatic rings. The van der Waals surface area contributed by atoms with Crippen molar-refractivity contribution in [2.24, 2.45) is 23.3 Å². The lowest BCUT2D eigenvalue weighted by Gasteiger charge is -2.34. The first kappa shape index (κ1) is 37.4. The number of nitro benzene ring substituents is 1. The predicted octanol–water partition coefficient (Wildman–Crippen LogP) is 2.57. The zero-order valence-electron chi connectivity index (χ0n) is 27.3. The first-order valence-corrected chi connectivity index (χ1v) is 15.6. The largest absolute Gasteiger partial charge is 0.514 e. The number of Topliss-reactive ketones (excluding diaryl/α,β-unsaturated/α-hetero) is 1. The second-order valence-electron chi connectivity index (χ2n) is 11.9. The zero-order chi connectivity index (χ0) is 35.4. The third kappa shape index (κ3) is 11.3. The number of hydrogen-bond donors (Lipinski definition) is 4. The average molecular weight is 670 g/mol. The van der Waals surface area contributed by atoms with Crippen LogP contribution < -0.4 is 26.8 Å². The van der Waals surface area contributed by atoms with Crippen LogP contribution in [0, 0.1) is 22.0 Å². The molecule has 1 fully saturated rings.